The van der Waals surface area contributed by atoms with Crippen LogP contribution < -0.4 is 16.2 Å². The summed E-state index contributed by atoms with van der Waals surface area (Å²) in [6.45, 7) is 2.64. The molecule has 0 amide bonds. The lowest BCUT2D eigenvalue weighted by atomic mass is 10.5. The molecule has 0 aromatic carbocycles. The highest BCUT2D eigenvalue weighted by Crippen LogP contribution is 2.26. The molecule has 1 heterocycles. The van der Waals surface area contributed by atoms with E-state index in [1.54, 1.807) is 11.8 Å². The third-order valence-corrected chi connectivity index (χ3v) is 1.46. The van der Waals surface area contributed by atoms with E-state index in [1.807, 2.05) is 6.92 Å². The highest BCUT2D eigenvalue weighted by molar-refractivity contribution is 5.65. The lowest BCUT2D eigenvalue weighted by Gasteiger charge is -2.01. The van der Waals surface area contributed by atoms with E-state index >= 15 is 0 Å². The number of hydrogen-bond donors (Lipinski definition) is 2. The second-order valence-electron chi connectivity index (χ2n) is 2.12. The Morgan fingerprint density at radius 1 is 1.55 bits per heavy atom. The maximum absolute atomic E-state index is 5.56. The molecule has 0 radical (unpaired) electrons. The van der Waals surface area contributed by atoms with Crippen LogP contribution in [0.2, 0.25) is 0 Å². The van der Waals surface area contributed by atoms with E-state index in [9.17, 15) is 0 Å². The van der Waals surface area contributed by atoms with Crippen molar-refractivity contribution in [3.8, 4) is 5.88 Å². The number of anilines is 2. The summed E-state index contributed by atoms with van der Waals surface area (Å²) in [4.78, 5) is 0. The molecule has 5 heteroatoms. The van der Waals surface area contributed by atoms with Crippen molar-refractivity contribution in [3.63, 3.8) is 0 Å². The molecule has 1 aromatic rings. The molecule has 0 unspecified atom stereocenters. The largest absolute Gasteiger partial charge is 0.480 e. The Balaban J connectivity index is 3.15. The third-order valence-electron chi connectivity index (χ3n) is 1.46. The first-order chi connectivity index (χ1) is 5.20. The van der Waals surface area contributed by atoms with Crippen LogP contribution in [0.3, 0.4) is 0 Å². The van der Waals surface area contributed by atoms with Crippen LogP contribution in [-0.2, 0) is 6.54 Å². The van der Waals surface area contributed by atoms with Gasteiger partial charge in [-0.2, -0.15) is 5.10 Å². The zero-order chi connectivity index (χ0) is 8.43. The van der Waals surface area contributed by atoms with E-state index in [4.69, 9.17) is 16.2 Å². The van der Waals surface area contributed by atoms with Crippen LogP contribution in [0.25, 0.3) is 0 Å². The number of nitrogens with two attached hydrogens (primary N) is 2. The van der Waals surface area contributed by atoms with Crippen molar-refractivity contribution in [2.45, 2.75) is 13.5 Å². The van der Waals surface area contributed by atoms with Crippen LogP contribution in [0.4, 0.5) is 11.5 Å². The van der Waals surface area contributed by atoms with Crippen LogP contribution in [0.5, 0.6) is 5.88 Å². The van der Waals surface area contributed by atoms with Gasteiger partial charge in [0.05, 0.1) is 7.11 Å². The van der Waals surface area contributed by atoms with Crippen molar-refractivity contribution in [3.05, 3.63) is 0 Å². The SMILES string of the molecule is CCn1nc(N)c(N)c1OC. The second kappa shape index (κ2) is 2.69. The monoisotopic (exact) mass is 156 g/mol. The maximum Gasteiger partial charge on any atom is 0.237 e. The van der Waals surface area contributed by atoms with Gasteiger partial charge < -0.3 is 16.2 Å². The van der Waals surface area contributed by atoms with E-state index in [0.717, 1.165) is 0 Å². The fourth-order valence-corrected chi connectivity index (χ4v) is 0.908. The predicted molar refractivity (Wildman–Crippen MR) is 43.3 cm³/mol. The lowest BCUT2D eigenvalue weighted by molar-refractivity contribution is 0.366. The quantitative estimate of drug-likeness (QED) is 0.635. The van der Waals surface area contributed by atoms with Gasteiger partial charge in [-0.3, -0.25) is 0 Å². The Morgan fingerprint density at radius 2 is 2.18 bits per heavy atom. The molecule has 0 bridgehead atoms. The molecule has 62 valence electrons. The molecule has 0 saturated heterocycles. The number of methoxy groups -OCH3 is 1. The van der Waals surface area contributed by atoms with Gasteiger partial charge in [-0.05, 0) is 6.92 Å². The topological polar surface area (TPSA) is 79.1 Å². The Hall–Kier alpha value is -1.39. The van der Waals surface area contributed by atoms with E-state index in [-0.39, 0.29) is 0 Å². The molecule has 0 saturated carbocycles. The van der Waals surface area contributed by atoms with Crippen molar-refractivity contribution in [2.75, 3.05) is 18.6 Å². The Kier molecular flexibility index (Phi) is 1.89. The fourth-order valence-electron chi connectivity index (χ4n) is 0.908. The number of ether oxygens (including phenoxy) is 1. The highest BCUT2D eigenvalue weighted by atomic mass is 16.5. The third kappa shape index (κ3) is 1.09. The minimum atomic E-state index is 0.323. The van der Waals surface area contributed by atoms with Crippen LogP contribution >= 0.6 is 0 Å². The van der Waals surface area contributed by atoms with Gasteiger partial charge in [0.1, 0.15) is 5.69 Å². The van der Waals surface area contributed by atoms with Gasteiger partial charge in [0.15, 0.2) is 5.82 Å². The average molecular weight is 156 g/mol. The summed E-state index contributed by atoms with van der Waals surface area (Å²) in [7, 11) is 1.54. The molecule has 0 aliphatic rings. The standard InChI is InChI=1S/C6H12N4O/c1-3-10-6(11-2)4(7)5(8)9-10/h3,7H2,1-2H3,(H2,8,9). The molecule has 1 rings (SSSR count). The number of aryl methyl sites for hydroxylation is 1. The van der Waals surface area contributed by atoms with Crippen molar-refractivity contribution in [1.29, 1.82) is 0 Å². The molecule has 4 N–H and O–H groups in total. The van der Waals surface area contributed by atoms with Crippen molar-refractivity contribution < 1.29 is 4.74 Å². The highest BCUT2D eigenvalue weighted by Gasteiger charge is 2.11. The van der Waals surface area contributed by atoms with E-state index in [1.165, 1.54) is 0 Å². The van der Waals surface area contributed by atoms with Crippen molar-refractivity contribution in [1.82, 2.24) is 9.78 Å². The lowest BCUT2D eigenvalue weighted by Crippen LogP contribution is -2.00. The molecule has 0 aliphatic heterocycles. The van der Waals surface area contributed by atoms with Gasteiger partial charge >= 0.3 is 0 Å². The van der Waals surface area contributed by atoms with Gasteiger partial charge in [-0.25, -0.2) is 4.68 Å². The normalized spacial score (nSPS) is 10.0. The van der Waals surface area contributed by atoms with Gasteiger partial charge in [-0.15, -0.1) is 0 Å². The summed E-state index contributed by atoms with van der Waals surface area (Å²) in [5.74, 6) is 0.855. The smallest absolute Gasteiger partial charge is 0.237 e. The van der Waals surface area contributed by atoms with Gasteiger partial charge in [-0.1, -0.05) is 0 Å². The maximum atomic E-state index is 5.56. The number of aromatic nitrogens is 2. The number of nitrogen functional groups attached to an aromatic ring is 2. The van der Waals surface area contributed by atoms with Gasteiger partial charge in [0.2, 0.25) is 5.88 Å². The van der Waals surface area contributed by atoms with E-state index in [0.29, 0.717) is 23.9 Å². The van der Waals surface area contributed by atoms with E-state index < -0.39 is 0 Å². The second-order valence-corrected chi connectivity index (χ2v) is 2.12. The molecular formula is C6H12N4O. The predicted octanol–water partition coefficient (Wildman–Crippen LogP) is 0.0760. The van der Waals surface area contributed by atoms with E-state index in [2.05, 4.69) is 5.10 Å². The first kappa shape index (κ1) is 7.71. The van der Waals surface area contributed by atoms with Crippen LogP contribution in [0.15, 0.2) is 0 Å². The first-order valence-corrected chi connectivity index (χ1v) is 3.36. The summed E-state index contributed by atoms with van der Waals surface area (Å²) in [6.07, 6.45) is 0. The van der Waals surface area contributed by atoms with Crippen molar-refractivity contribution in [2.24, 2.45) is 0 Å². The van der Waals surface area contributed by atoms with Crippen LogP contribution in [0, 0.1) is 0 Å². The Morgan fingerprint density at radius 3 is 2.55 bits per heavy atom. The summed E-state index contributed by atoms with van der Waals surface area (Å²) in [6, 6.07) is 0. The summed E-state index contributed by atoms with van der Waals surface area (Å²) < 4.78 is 6.60. The van der Waals surface area contributed by atoms with Crippen LogP contribution in [-0.4, -0.2) is 16.9 Å². The molecule has 0 fully saturated rings. The van der Waals surface area contributed by atoms with Gasteiger partial charge in [0, 0.05) is 6.54 Å². The zero-order valence-electron chi connectivity index (χ0n) is 6.66. The van der Waals surface area contributed by atoms with Gasteiger partial charge in [0.25, 0.3) is 0 Å². The zero-order valence-corrected chi connectivity index (χ0v) is 6.66. The molecule has 11 heavy (non-hydrogen) atoms. The summed E-state index contributed by atoms with van der Waals surface area (Å²) >= 11 is 0. The summed E-state index contributed by atoms with van der Waals surface area (Å²) in [5.41, 5.74) is 11.4. The molecule has 0 spiro atoms. The number of rotatable bonds is 2. The molecule has 0 aliphatic carbocycles. The molecule has 0 atom stereocenters. The molecule has 5 nitrogen and oxygen atoms in total. The fraction of sp³-hybridized carbons (Fsp3) is 0.500. The number of hydrogen-bond acceptors (Lipinski definition) is 4. The average Bonchev–Trinajstić information content (AvgIpc) is 2.28. The first-order valence-electron chi connectivity index (χ1n) is 3.36. The number of nitrogens with zero attached hydrogens (tertiary/aromatic N) is 2. The Bertz CT molecular complexity index is 255. The van der Waals surface area contributed by atoms with Crippen molar-refractivity contribution >= 4 is 11.5 Å². The minimum Gasteiger partial charge on any atom is -0.480 e. The molecular weight excluding hydrogens is 144 g/mol. The van der Waals surface area contributed by atoms with Crippen LogP contribution in [0.1, 0.15) is 6.92 Å². The summed E-state index contributed by atoms with van der Waals surface area (Å²) in [5, 5.41) is 3.94. The molecule has 1 aromatic heterocycles. The minimum absolute atomic E-state index is 0.323. The Labute approximate surface area is 64.9 Å².